The lowest BCUT2D eigenvalue weighted by Crippen LogP contribution is -1.90. The van der Waals surface area contributed by atoms with Gasteiger partial charge in [-0.3, -0.25) is 4.99 Å². The summed E-state index contributed by atoms with van der Waals surface area (Å²) in [5.74, 6) is 0. The van der Waals surface area contributed by atoms with Crippen molar-refractivity contribution in [1.29, 1.82) is 0 Å². The molecule has 0 unspecified atom stereocenters. The van der Waals surface area contributed by atoms with E-state index in [0.717, 1.165) is 6.40 Å². The number of halogens is 1. The van der Waals surface area contributed by atoms with Crippen LogP contribution in [-0.2, 0) is 4.74 Å². The maximum atomic E-state index is 11.0. The minimum Gasteiger partial charge on any atom is -0.453 e. The summed E-state index contributed by atoms with van der Waals surface area (Å²) >= 11 is 0. The molecule has 0 saturated carbocycles. The number of ether oxygens (including phenoxy) is 1. The fraction of sp³-hybridized carbons (Fsp3) is 0.750. The van der Waals surface area contributed by atoms with Crippen LogP contribution in [0.4, 0.5) is 4.39 Å². The standard InChI is InChI=1S/C4H8FNO2/c5-3-8-4-6-1-2-7/h4,7H,1-3H2. The number of hydrogen-bond donors (Lipinski definition) is 1. The van der Waals surface area contributed by atoms with Crippen molar-refractivity contribution in [3.05, 3.63) is 0 Å². The average Bonchev–Trinajstić information content (AvgIpc) is 1.81. The predicted molar refractivity (Wildman–Crippen MR) is 27.5 cm³/mol. The van der Waals surface area contributed by atoms with Crippen LogP contribution in [0.2, 0.25) is 0 Å². The molecule has 4 heteroatoms. The normalized spacial score (nSPS) is 10.2. The highest BCUT2D eigenvalue weighted by atomic mass is 19.1. The lowest BCUT2D eigenvalue weighted by Gasteiger charge is -1.86. The Hall–Kier alpha value is -0.640. The molecule has 0 amide bonds. The first-order chi connectivity index (χ1) is 3.91. The molecule has 0 spiro atoms. The van der Waals surface area contributed by atoms with Crippen molar-refractivity contribution >= 4 is 6.40 Å². The molecule has 0 aromatic carbocycles. The van der Waals surface area contributed by atoms with E-state index in [0.29, 0.717) is 0 Å². The summed E-state index contributed by atoms with van der Waals surface area (Å²) < 4.78 is 15.1. The van der Waals surface area contributed by atoms with Crippen LogP contribution in [0.3, 0.4) is 0 Å². The second-order valence-corrected chi connectivity index (χ2v) is 1.01. The van der Waals surface area contributed by atoms with Crippen molar-refractivity contribution in [3.63, 3.8) is 0 Å². The number of aliphatic hydroxyl groups excluding tert-OH is 1. The second kappa shape index (κ2) is 6.36. The first kappa shape index (κ1) is 7.36. The summed E-state index contributed by atoms with van der Waals surface area (Å²) in [6.45, 7) is -0.638. The molecule has 0 atom stereocenters. The third-order valence-corrected chi connectivity index (χ3v) is 0.441. The summed E-state index contributed by atoms with van der Waals surface area (Å²) in [5, 5.41) is 8.10. The molecule has 0 saturated heterocycles. The first-order valence-electron chi connectivity index (χ1n) is 2.18. The van der Waals surface area contributed by atoms with Gasteiger partial charge in [0.25, 0.3) is 0 Å². The molecule has 1 N–H and O–H groups in total. The number of nitrogens with zero attached hydrogens (tertiary/aromatic N) is 1. The summed E-state index contributed by atoms with van der Waals surface area (Å²) in [7, 11) is 0. The van der Waals surface area contributed by atoms with Gasteiger partial charge in [-0.05, 0) is 0 Å². The SMILES string of the molecule is OCCN=COCF. The number of hydrogen-bond acceptors (Lipinski definition) is 3. The smallest absolute Gasteiger partial charge is 0.229 e. The summed E-state index contributed by atoms with van der Waals surface area (Å²) in [6, 6.07) is 0. The predicted octanol–water partition coefficient (Wildman–Crippen LogP) is -0.0494. The van der Waals surface area contributed by atoms with E-state index in [-0.39, 0.29) is 13.2 Å². The Morgan fingerprint density at radius 2 is 2.50 bits per heavy atom. The Bertz CT molecular complexity index is 59.1. The van der Waals surface area contributed by atoms with Crippen molar-refractivity contribution in [2.24, 2.45) is 4.99 Å². The van der Waals surface area contributed by atoms with Gasteiger partial charge in [0.2, 0.25) is 6.86 Å². The highest BCUT2D eigenvalue weighted by Gasteiger charge is 1.72. The highest BCUT2D eigenvalue weighted by Crippen LogP contribution is 1.69. The van der Waals surface area contributed by atoms with Gasteiger partial charge in [-0.2, -0.15) is 0 Å². The van der Waals surface area contributed by atoms with Gasteiger partial charge in [0.05, 0.1) is 13.2 Å². The molecule has 0 fully saturated rings. The quantitative estimate of drug-likeness (QED) is 0.418. The van der Waals surface area contributed by atoms with Gasteiger partial charge in [-0.1, -0.05) is 0 Å². The van der Waals surface area contributed by atoms with Crippen LogP contribution in [-0.4, -0.2) is 31.5 Å². The van der Waals surface area contributed by atoms with E-state index in [1.165, 1.54) is 0 Å². The van der Waals surface area contributed by atoms with E-state index in [1.807, 2.05) is 0 Å². The van der Waals surface area contributed by atoms with Crippen molar-refractivity contribution in [2.75, 3.05) is 20.0 Å². The molecule has 0 rings (SSSR count). The van der Waals surface area contributed by atoms with Crippen LogP contribution < -0.4 is 0 Å². The zero-order valence-electron chi connectivity index (χ0n) is 4.38. The van der Waals surface area contributed by atoms with Crippen molar-refractivity contribution in [3.8, 4) is 0 Å². The van der Waals surface area contributed by atoms with Gasteiger partial charge >= 0.3 is 0 Å². The number of aliphatic imine (C=N–C) groups is 1. The highest BCUT2D eigenvalue weighted by molar-refractivity contribution is 5.45. The maximum Gasteiger partial charge on any atom is 0.229 e. The monoisotopic (exact) mass is 121 g/mol. The molecule has 0 heterocycles. The van der Waals surface area contributed by atoms with Crippen molar-refractivity contribution in [2.45, 2.75) is 0 Å². The van der Waals surface area contributed by atoms with E-state index in [1.54, 1.807) is 0 Å². The second-order valence-electron chi connectivity index (χ2n) is 1.01. The fourth-order valence-electron chi connectivity index (χ4n) is 0.191. The molecular weight excluding hydrogens is 113 g/mol. The Labute approximate surface area is 46.8 Å². The largest absolute Gasteiger partial charge is 0.453 e. The van der Waals surface area contributed by atoms with Crippen LogP contribution in [0.1, 0.15) is 0 Å². The topological polar surface area (TPSA) is 41.8 Å². The van der Waals surface area contributed by atoms with Gasteiger partial charge in [-0.25, -0.2) is 4.39 Å². The van der Waals surface area contributed by atoms with Crippen LogP contribution in [0.15, 0.2) is 4.99 Å². The van der Waals surface area contributed by atoms with E-state index in [4.69, 9.17) is 5.11 Å². The molecule has 3 nitrogen and oxygen atoms in total. The lowest BCUT2D eigenvalue weighted by molar-refractivity contribution is 0.188. The fourth-order valence-corrected chi connectivity index (χ4v) is 0.191. The van der Waals surface area contributed by atoms with Gasteiger partial charge in [0, 0.05) is 0 Å². The lowest BCUT2D eigenvalue weighted by atomic mass is 10.7. The minimum atomic E-state index is -0.866. The maximum absolute atomic E-state index is 11.0. The number of rotatable bonds is 4. The van der Waals surface area contributed by atoms with Gasteiger partial charge in [0.15, 0.2) is 6.40 Å². The molecule has 0 bridgehead atoms. The molecule has 0 aliphatic rings. The van der Waals surface area contributed by atoms with Crippen LogP contribution in [0, 0.1) is 0 Å². The van der Waals surface area contributed by atoms with Crippen LogP contribution in [0.5, 0.6) is 0 Å². The Kier molecular flexibility index (Phi) is 5.85. The summed E-state index contributed by atoms with van der Waals surface area (Å²) in [6.07, 6.45) is 0.982. The van der Waals surface area contributed by atoms with Gasteiger partial charge < -0.3 is 9.84 Å². The molecule has 0 aromatic heterocycles. The Morgan fingerprint density at radius 1 is 1.75 bits per heavy atom. The molecule has 0 aromatic rings. The van der Waals surface area contributed by atoms with E-state index >= 15 is 0 Å². The minimum absolute atomic E-state index is 0.0356. The van der Waals surface area contributed by atoms with Crippen LogP contribution in [0.25, 0.3) is 0 Å². The molecule has 48 valence electrons. The Balaban J connectivity index is 2.83. The third kappa shape index (κ3) is 5.36. The van der Waals surface area contributed by atoms with Gasteiger partial charge in [-0.15, -0.1) is 0 Å². The van der Waals surface area contributed by atoms with Gasteiger partial charge in [0.1, 0.15) is 0 Å². The molecule has 0 radical (unpaired) electrons. The zero-order chi connectivity index (χ0) is 6.24. The van der Waals surface area contributed by atoms with Crippen LogP contribution >= 0.6 is 0 Å². The molecule has 0 aliphatic carbocycles. The van der Waals surface area contributed by atoms with E-state index in [2.05, 4.69) is 9.73 Å². The molecule has 0 aliphatic heterocycles. The first-order valence-corrected chi connectivity index (χ1v) is 2.18. The zero-order valence-corrected chi connectivity index (χ0v) is 4.38. The molecular formula is C4H8FNO2. The molecule has 8 heavy (non-hydrogen) atoms. The number of aliphatic hydroxyl groups is 1. The van der Waals surface area contributed by atoms with E-state index in [9.17, 15) is 4.39 Å². The third-order valence-electron chi connectivity index (χ3n) is 0.441. The van der Waals surface area contributed by atoms with E-state index < -0.39 is 6.86 Å². The summed E-state index contributed by atoms with van der Waals surface area (Å²) in [5.41, 5.74) is 0. The van der Waals surface area contributed by atoms with Crippen molar-refractivity contribution < 1.29 is 14.2 Å². The number of alkyl halides is 1. The summed E-state index contributed by atoms with van der Waals surface area (Å²) in [4.78, 5) is 3.44. The average molecular weight is 121 g/mol. The van der Waals surface area contributed by atoms with Crippen molar-refractivity contribution in [1.82, 2.24) is 0 Å². The Morgan fingerprint density at radius 3 is 3.00 bits per heavy atom.